The zero-order valence-electron chi connectivity index (χ0n) is 12.5. The maximum atomic E-state index is 12.0. The Bertz CT molecular complexity index is 531. The predicted octanol–water partition coefficient (Wildman–Crippen LogP) is 2.53. The summed E-state index contributed by atoms with van der Waals surface area (Å²) in [5.41, 5.74) is 1.13. The second-order valence-electron chi connectivity index (χ2n) is 5.73. The highest BCUT2D eigenvalue weighted by molar-refractivity contribution is 7.89. The van der Waals surface area contributed by atoms with Gasteiger partial charge in [0.25, 0.3) is 0 Å². The average molecular weight is 296 g/mol. The molecule has 20 heavy (non-hydrogen) atoms. The Morgan fingerprint density at radius 3 is 2.20 bits per heavy atom. The van der Waals surface area contributed by atoms with E-state index >= 15 is 0 Å². The number of hydrogen-bond donors (Lipinski definition) is 1. The number of hydrogen-bond acceptors (Lipinski definition) is 3. The molecule has 5 heteroatoms. The quantitative estimate of drug-likeness (QED) is 0.908. The van der Waals surface area contributed by atoms with Gasteiger partial charge in [-0.1, -0.05) is 25.0 Å². The molecule has 1 aromatic carbocycles. The first-order chi connectivity index (χ1) is 9.41. The summed E-state index contributed by atoms with van der Waals surface area (Å²) >= 11 is 0. The van der Waals surface area contributed by atoms with E-state index in [1.807, 2.05) is 12.1 Å². The molecule has 1 saturated carbocycles. The van der Waals surface area contributed by atoms with Gasteiger partial charge in [-0.2, -0.15) is 0 Å². The van der Waals surface area contributed by atoms with Crippen molar-refractivity contribution in [2.45, 2.75) is 49.6 Å². The smallest absolute Gasteiger partial charge is 0.242 e. The van der Waals surface area contributed by atoms with Gasteiger partial charge in [0, 0.05) is 26.2 Å². The number of rotatable bonds is 5. The molecule has 4 nitrogen and oxygen atoms in total. The lowest BCUT2D eigenvalue weighted by Crippen LogP contribution is -2.29. The van der Waals surface area contributed by atoms with Gasteiger partial charge in [-0.3, -0.25) is 0 Å². The lowest BCUT2D eigenvalue weighted by atomic mass is 10.1. The van der Waals surface area contributed by atoms with Crippen molar-refractivity contribution in [2.24, 2.45) is 0 Å². The van der Waals surface area contributed by atoms with Crippen molar-refractivity contribution in [2.75, 3.05) is 14.1 Å². The van der Waals surface area contributed by atoms with Gasteiger partial charge < -0.3 is 5.32 Å². The molecule has 1 aromatic rings. The summed E-state index contributed by atoms with van der Waals surface area (Å²) in [6.07, 6.45) is 5.11. The van der Waals surface area contributed by atoms with Crippen molar-refractivity contribution in [3.8, 4) is 0 Å². The van der Waals surface area contributed by atoms with Crippen LogP contribution < -0.4 is 5.32 Å². The Balaban J connectivity index is 2.07. The largest absolute Gasteiger partial charge is 0.307 e. The van der Waals surface area contributed by atoms with E-state index in [0.717, 1.165) is 5.56 Å². The molecular weight excluding hydrogens is 272 g/mol. The molecule has 1 aliphatic rings. The third-order valence-electron chi connectivity index (χ3n) is 4.00. The van der Waals surface area contributed by atoms with Crippen LogP contribution in [0, 0.1) is 0 Å². The van der Waals surface area contributed by atoms with Crippen LogP contribution in [0.4, 0.5) is 0 Å². The summed E-state index contributed by atoms with van der Waals surface area (Å²) in [5.74, 6) is 0. The van der Waals surface area contributed by atoms with E-state index in [2.05, 4.69) is 12.2 Å². The summed E-state index contributed by atoms with van der Waals surface area (Å²) in [7, 11) is -0.231. The molecule has 0 amide bonds. The van der Waals surface area contributed by atoms with Crippen molar-refractivity contribution in [1.29, 1.82) is 0 Å². The maximum absolute atomic E-state index is 12.0. The molecule has 1 fully saturated rings. The molecule has 0 heterocycles. The molecule has 0 aromatic heterocycles. The van der Waals surface area contributed by atoms with E-state index in [1.54, 1.807) is 26.2 Å². The first kappa shape index (κ1) is 15.5. The van der Waals surface area contributed by atoms with E-state index in [1.165, 1.54) is 30.0 Å². The van der Waals surface area contributed by atoms with Crippen LogP contribution in [0.3, 0.4) is 0 Å². The highest BCUT2D eigenvalue weighted by Gasteiger charge is 2.19. The predicted molar refractivity (Wildman–Crippen MR) is 81.1 cm³/mol. The summed E-state index contributed by atoms with van der Waals surface area (Å²) in [5, 5.41) is 3.62. The van der Waals surface area contributed by atoms with Gasteiger partial charge in [0.05, 0.1) is 4.90 Å². The van der Waals surface area contributed by atoms with Gasteiger partial charge in [-0.25, -0.2) is 12.7 Å². The average Bonchev–Trinajstić information content (AvgIpc) is 2.91. The van der Waals surface area contributed by atoms with Gasteiger partial charge in [0.1, 0.15) is 0 Å². The molecule has 112 valence electrons. The molecular formula is C15H24N2O2S. The number of nitrogens with zero attached hydrogens (tertiary/aromatic N) is 1. The zero-order valence-corrected chi connectivity index (χ0v) is 13.3. The van der Waals surface area contributed by atoms with E-state index in [9.17, 15) is 8.42 Å². The lowest BCUT2D eigenvalue weighted by Gasteiger charge is -2.20. The Kier molecular flexibility index (Phi) is 4.83. The molecule has 1 atom stereocenters. The molecule has 1 unspecified atom stereocenters. The Hall–Kier alpha value is -0.910. The maximum Gasteiger partial charge on any atom is 0.242 e. The van der Waals surface area contributed by atoms with Gasteiger partial charge in [0.15, 0.2) is 0 Å². The molecule has 0 radical (unpaired) electrons. The number of benzene rings is 1. The van der Waals surface area contributed by atoms with Crippen LogP contribution in [0.1, 0.15) is 44.2 Å². The fraction of sp³-hybridized carbons (Fsp3) is 0.600. The Morgan fingerprint density at radius 2 is 1.70 bits per heavy atom. The van der Waals surface area contributed by atoms with E-state index < -0.39 is 10.0 Å². The van der Waals surface area contributed by atoms with Gasteiger partial charge in [0.2, 0.25) is 10.0 Å². The van der Waals surface area contributed by atoms with Crippen LogP contribution in [0.25, 0.3) is 0 Å². The molecule has 0 spiro atoms. The van der Waals surface area contributed by atoms with Crippen LogP contribution in [0.15, 0.2) is 29.2 Å². The van der Waals surface area contributed by atoms with Gasteiger partial charge >= 0.3 is 0 Å². The minimum atomic E-state index is -3.33. The van der Waals surface area contributed by atoms with Crippen LogP contribution in [0.5, 0.6) is 0 Å². The monoisotopic (exact) mass is 296 g/mol. The fourth-order valence-electron chi connectivity index (χ4n) is 2.68. The summed E-state index contributed by atoms with van der Waals surface area (Å²) in [6, 6.07) is 8.06. The van der Waals surface area contributed by atoms with Crippen molar-refractivity contribution in [3.05, 3.63) is 29.8 Å². The number of sulfonamides is 1. The molecule has 1 aliphatic carbocycles. The number of nitrogens with one attached hydrogen (secondary N) is 1. The fourth-order valence-corrected chi connectivity index (χ4v) is 3.58. The highest BCUT2D eigenvalue weighted by atomic mass is 32.2. The van der Waals surface area contributed by atoms with Gasteiger partial charge in [-0.05, 0) is 37.5 Å². The second kappa shape index (κ2) is 6.24. The second-order valence-corrected chi connectivity index (χ2v) is 7.88. The van der Waals surface area contributed by atoms with E-state index in [-0.39, 0.29) is 6.04 Å². The third kappa shape index (κ3) is 3.40. The summed E-state index contributed by atoms with van der Waals surface area (Å²) in [4.78, 5) is 0.347. The molecule has 0 bridgehead atoms. The van der Waals surface area contributed by atoms with Crippen LogP contribution in [-0.4, -0.2) is 32.9 Å². The van der Waals surface area contributed by atoms with E-state index in [0.29, 0.717) is 10.9 Å². The van der Waals surface area contributed by atoms with E-state index in [4.69, 9.17) is 0 Å². The van der Waals surface area contributed by atoms with Crippen LogP contribution in [0.2, 0.25) is 0 Å². The normalized spacial score (nSPS) is 18.6. The molecule has 2 rings (SSSR count). The van der Waals surface area contributed by atoms with Crippen LogP contribution >= 0.6 is 0 Å². The highest BCUT2D eigenvalue weighted by Crippen LogP contribution is 2.23. The molecule has 0 aliphatic heterocycles. The van der Waals surface area contributed by atoms with Crippen molar-refractivity contribution in [1.82, 2.24) is 9.62 Å². The van der Waals surface area contributed by atoms with Crippen molar-refractivity contribution >= 4 is 10.0 Å². The van der Waals surface area contributed by atoms with Gasteiger partial charge in [-0.15, -0.1) is 0 Å². The Morgan fingerprint density at radius 1 is 1.15 bits per heavy atom. The van der Waals surface area contributed by atoms with Crippen LogP contribution in [-0.2, 0) is 10.0 Å². The zero-order chi connectivity index (χ0) is 14.8. The van der Waals surface area contributed by atoms with Crippen molar-refractivity contribution in [3.63, 3.8) is 0 Å². The first-order valence-electron chi connectivity index (χ1n) is 7.20. The lowest BCUT2D eigenvalue weighted by molar-refractivity contribution is 0.461. The Labute approximate surface area is 122 Å². The topological polar surface area (TPSA) is 49.4 Å². The molecule has 0 saturated heterocycles. The first-order valence-corrected chi connectivity index (χ1v) is 8.64. The third-order valence-corrected chi connectivity index (χ3v) is 5.83. The molecule has 1 N–H and O–H groups in total. The van der Waals surface area contributed by atoms with Crippen molar-refractivity contribution < 1.29 is 8.42 Å². The minimum Gasteiger partial charge on any atom is -0.307 e. The summed E-state index contributed by atoms with van der Waals surface area (Å²) < 4.78 is 25.2. The standard InChI is InChI=1S/C15H24N2O2S/c1-12(16-14-6-4-5-7-14)13-8-10-15(11-9-13)20(18,19)17(2)3/h8-12,14,16H,4-7H2,1-3H3. The SMILES string of the molecule is CC(NC1CCCC1)c1ccc(S(=O)(=O)N(C)C)cc1. The summed E-state index contributed by atoms with van der Waals surface area (Å²) in [6.45, 7) is 2.13. The minimum absolute atomic E-state index is 0.259.